The highest BCUT2D eigenvalue weighted by atomic mass is 79.9. The number of aliphatic hydroxyl groups excluding tert-OH is 1. The topological polar surface area (TPSA) is 23.5 Å². The van der Waals surface area contributed by atoms with Crippen LogP contribution in [0.15, 0.2) is 22.7 Å². The maximum absolute atomic E-state index is 12.5. The molecule has 0 saturated heterocycles. The molecule has 0 saturated carbocycles. The van der Waals surface area contributed by atoms with E-state index < -0.39 is 17.8 Å². The first kappa shape index (κ1) is 15.3. The third kappa shape index (κ3) is 4.17. The molecular formula is C12H15BrF3NO. The van der Waals surface area contributed by atoms with Gasteiger partial charge in [0.15, 0.2) is 0 Å². The zero-order chi connectivity index (χ0) is 13.9. The van der Waals surface area contributed by atoms with Crippen LogP contribution in [-0.4, -0.2) is 24.8 Å². The van der Waals surface area contributed by atoms with Gasteiger partial charge in [0.25, 0.3) is 0 Å². The van der Waals surface area contributed by atoms with E-state index in [1.807, 2.05) is 0 Å². The second-order valence-electron chi connectivity index (χ2n) is 4.22. The third-order valence-electron chi connectivity index (χ3n) is 2.57. The van der Waals surface area contributed by atoms with Crippen molar-refractivity contribution in [2.45, 2.75) is 25.6 Å². The van der Waals surface area contributed by atoms with Crippen molar-refractivity contribution in [3.8, 4) is 0 Å². The molecule has 2 nitrogen and oxygen atoms in total. The molecule has 1 rings (SSSR count). The van der Waals surface area contributed by atoms with Crippen LogP contribution in [0.4, 0.5) is 18.9 Å². The minimum atomic E-state index is -4.33. The number of alkyl halides is 3. The smallest absolute Gasteiger partial charge is 0.393 e. The van der Waals surface area contributed by atoms with Gasteiger partial charge in [-0.05, 0) is 47.5 Å². The summed E-state index contributed by atoms with van der Waals surface area (Å²) in [4.78, 5) is 1.80. The predicted molar refractivity (Wildman–Crippen MR) is 68.7 cm³/mol. The van der Waals surface area contributed by atoms with E-state index in [2.05, 4.69) is 15.9 Å². The second kappa shape index (κ2) is 5.93. The predicted octanol–water partition coefficient (Wildman–Crippen LogP) is 3.68. The van der Waals surface area contributed by atoms with Crippen molar-refractivity contribution in [1.82, 2.24) is 0 Å². The molecule has 1 aromatic carbocycles. The van der Waals surface area contributed by atoms with Crippen LogP contribution in [0.3, 0.4) is 0 Å². The van der Waals surface area contributed by atoms with Crippen molar-refractivity contribution in [1.29, 1.82) is 0 Å². The van der Waals surface area contributed by atoms with Gasteiger partial charge in [-0.2, -0.15) is 13.2 Å². The molecule has 0 aromatic heterocycles. The largest absolute Gasteiger partial charge is 0.416 e. The first-order chi connectivity index (χ1) is 8.21. The standard InChI is InChI=1S/C12H15BrF3NO/c1-8(18)5-6-17(2)11-4-3-9(7-10(11)13)12(14,15)16/h3-4,7-8,18H,5-6H2,1-2H3. The average Bonchev–Trinajstić information content (AvgIpc) is 2.24. The molecule has 0 spiro atoms. The summed E-state index contributed by atoms with van der Waals surface area (Å²) in [5.41, 5.74) is -0.00861. The van der Waals surface area contributed by atoms with E-state index in [4.69, 9.17) is 0 Å². The molecule has 18 heavy (non-hydrogen) atoms. The van der Waals surface area contributed by atoms with Crippen LogP contribution in [0, 0.1) is 0 Å². The number of halogens is 4. The van der Waals surface area contributed by atoms with Gasteiger partial charge < -0.3 is 10.0 Å². The summed E-state index contributed by atoms with van der Waals surface area (Å²) in [7, 11) is 1.77. The molecule has 102 valence electrons. The highest BCUT2D eigenvalue weighted by molar-refractivity contribution is 9.10. The lowest BCUT2D eigenvalue weighted by Crippen LogP contribution is -2.22. The first-order valence-corrected chi connectivity index (χ1v) is 6.27. The molecule has 1 unspecified atom stereocenters. The summed E-state index contributed by atoms with van der Waals surface area (Å²) >= 11 is 3.14. The number of nitrogens with zero attached hydrogens (tertiary/aromatic N) is 1. The Balaban J connectivity index is 2.85. The van der Waals surface area contributed by atoms with Gasteiger partial charge in [0.2, 0.25) is 0 Å². The van der Waals surface area contributed by atoms with E-state index in [0.29, 0.717) is 23.1 Å². The monoisotopic (exact) mass is 325 g/mol. The summed E-state index contributed by atoms with van der Waals surface area (Å²) in [5, 5.41) is 9.18. The number of anilines is 1. The Morgan fingerprint density at radius 2 is 2.00 bits per heavy atom. The molecule has 0 aliphatic rings. The SMILES string of the molecule is CC(O)CCN(C)c1ccc(C(F)(F)F)cc1Br. The van der Waals surface area contributed by atoms with Crippen molar-refractivity contribution in [2.75, 3.05) is 18.5 Å². The fourth-order valence-electron chi connectivity index (χ4n) is 1.49. The summed E-state index contributed by atoms with van der Waals surface area (Å²) < 4.78 is 37.9. The Hall–Kier alpha value is -0.750. The summed E-state index contributed by atoms with van der Waals surface area (Å²) in [6.07, 6.45) is -4.20. The summed E-state index contributed by atoms with van der Waals surface area (Å²) in [6, 6.07) is 3.54. The third-order valence-corrected chi connectivity index (χ3v) is 3.20. The van der Waals surface area contributed by atoms with Gasteiger partial charge in [0.1, 0.15) is 0 Å². The van der Waals surface area contributed by atoms with Gasteiger partial charge in [-0.1, -0.05) is 0 Å². The van der Waals surface area contributed by atoms with Gasteiger partial charge in [-0.15, -0.1) is 0 Å². The van der Waals surface area contributed by atoms with Crippen LogP contribution < -0.4 is 4.90 Å². The molecule has 0 aliphatic carbocycles. The molecular weight excluding hydrogens is 311 g/mol. The van der Waals surface area contributed by atoms with E-state index in [-0.39, 0.29) is 0 Å². The lowest BCUT2D eigenvalue weighted by Gasteiger charge is -2.22. The first-order valence-electron chi connectivity index (χ1n) is 5.47. The minimum Gasteiger partial charge on any atom is -0.393 e. The van der Waals surface area contributed by atoms with Gasteiger partial charge >= 0.3 is 6.18 Å². The Bertz CT molecular complexity index is 407. The number of rotatable bonds is 4. The van der Waals surface area contributed by atoms with Crippen LogP contribution in [-0.2, 0) is 6.18 Å². The molecule has 6 heteroatoms. The molecule has 0 fully saturated rings. The maximum atomic E-state index is 12.5. The zero-order valence-electron chi connectivity index (χ0n) is 10.1. The molecule has 0 heterocycles. The molecule has 1 N–H and O–H groups in total. The van der Waals surface area contributed by atoms with E-state index in [1.165, 1.54) is 6.07 Å². The van der Waals surface area contributed by atoms with Crippen molar-refractivity contribution < 1.29 is 18.3 Å². The lowest BCUT2D eigenvalue weighted by molar-refractivity contribution is -0.137. The second-order valence-corrected chi connectivity index (χ2v) is 5.08. The Morgan fingerprint density at radius 3 is 2.44 bits per heavy atom. The van der Waals surface area contributed by atoms with E-state index in [0.717, 1.165) is 12.1 Å². The van der Waals surface area contributed by atoms with Gasteiger partial charge in [0.05, 0.1) is 17.4 Å². The van der Waals surface area contributed by atoms with Gasteiger partial charge in [-0.3, -0.25) is 0 Å². The van der Waals surface area contributed by atoms with Crippen LogP contribution in [0.1, 0.15) is 18.9 Å². The number of benzene rings is 1. The molecule has 1 aromatic rings. The fraction of sp³-hybridized carbons (Fsp3) is 0.500. The van der Waals surface area contributed by atoms with E-state index in [1.54, 1.807) is 18.9 Å². The number of aliphatic hydroxyl groups is 1. The zero-order valence-corrected chi connectivity index (χ0v) is 11.7. The molecule has 0 radical (unpaired) electrons. The number of hydrogen-bond acceptors (Lipinski definition) is 2. The van der Waals surface area contributed by atoms with Crippen LogP contribution in [0.25, 0.3) is 0 Å². The normalized spacial score (nSPS) is 13.5. The molecule has 0 aliphatic heterocycles. The van der Waals surface area contributed by atoms with Crippen LogP contribution in [0.5, 0.6) is 0 Å². The molecule has 1 atom stereocenters. The Kier molecular flexibility index (Phi) is 5.04. The van der Waals surface area contributed by atoms with Crippen molar-refractivity contribution in [3.05, 3.63) is 28.2 Å². The molecule has 0 bridgehead atoms. The van der Waals surface area contributed by atoms with Crippen LogP contribution >= 0.6 is 15.9 Å². The van der Waals surface area contributed by atoms with Crippen LogP contribution in [0.2, 0.25) is 0 Å². The Labute approximate surface area is 113 Å². The van der Waals surface area contributed by atoms with Crippen molar-refractivity contribution in [3.63, 3.8) is 0 Å². The highest BCUT2D eigenvalue weighted by Crippen LogP contribution is 2.34. The number of hydrogen-bond donors (Lipinski definition) is 1. The molecule has 0 amide bonds. The van der Waals surface area contributed by atoms with E-state index in [9.17, 15) is 18.3 Å². The minimum absolute atomic E-state index is 0.394. The van der Waals surface area contributed by atoms with Gasteiger partial charge in [-0.25, -0.2) is 0 Å². The summed E-state index contributed by atoms with van der Waals surface area (Å²) in [5.74, 6) is 0. The Morgan fingerprint density at radius 1 is 1.39 bits per heavy atom. The van der Waals surface area contributed by atoms with Crippen molar-refractivity contribution >= 4 is 21.6 Å². The van der Waals surface area contributed by atoms with Gasteiger partial charge in [0, 0.05) is 18.1 Å². The maximum Gasteiger partial charge on any atom is 0.416 e. The van der Waals surface area contributed by atoms with E-state index >= 15 is 0 Å². The highest BCUT2D eigenvalue weighted by Gasteiger charge is 2.31. The lowest BCUT2D eigenvalue weighted by atomic mass is 10.2. The quantitative estimate of drug-likeness (QED) is 0.912. The summed E-state index contributed by atoms with van der Waals surface area (Å²) in [6.45, 7) is 2.25. The van der Waals surface area contributed by atoms with Crippen molar-refractivity contribution in [2.24, 2.45) is 0 Å². The average molecular weight is 326 g/mol. The fourth-order valence-corrected chi connectivity index (χ4v) is 2.18.